The normalized spacial score (nSPS) is 18.0. The summed E-state index contributed by atoms with van der Waals surface area (Å²) in [5, 5.41) is 1.12. The minimum absolute atomic E-state index is 0.338. The van der Waals surface area contributed by atoms with E-state index >= 15 is 0 Å². The van der Waals surface area contributed by atoms with Crippen LogP contribution in [0, 0.1) is 0 Å². The van der Waals surface area contributed by atoms with Crippen molar-refractivity contribution in [2.24, 2.45) is 0 Å². The summed E-state index contributed by atoms with van der Waals surface area (Å²) in [4.78, 5) is 4.39. The zero-order chi connectivity index (χ0) is 19.1. The van der Waals surface area contributed by atoms with Gasteiger partial charge in [0, 0.05) is 17.1 Å². The third-order valence-electron chi connectivity index (χ3n) is 5.54. The number of benzene rings is 2. The highest BCUT2D eigenvalue weighted by Crippen LogP contribution is 2.36. The van der Waals surface area contributed by atoms with Crippen LogP contribution in [0.5, 0.6) is 5.75 Å². The van der Waals surface area contributed by atoms with Crippen molar-refractivity contribution in [3.05, 3.63) is 66.4 Å². The van der Waals surface area contributed by atoms with Gasteiger partial charge in [-0.1, -0.05) is 30.3 Å². The van der Waals surface area contributed by atoms with Gasteiger partial charge in [0.15, 0.2) is 0 Å². The second-order valence-electron chi connectivity index (χ2n) is 7.93. The van der Waals surface area contributed by atoms with Crippen LogP contribution in [0.15, 0.2) is 60.8 Å². The number of hydrogen-bond donors (Lipinski definition) is 0. The Morgan fingerprint density at radius 2 is 1.56 bits per heavy atom. The van der Waals surface area contributed by atoms with E-state index in [4.69, 9.17) is 14.0 Å². The molecule has 138 valence electrons. The first-order chi connectivity index (χ1) is 12.9. The average molecular weight is 361 g/mol. The van der Waals surface area contributed by atoms with Crippen LogP contribution in [0.25, 0.3) is 10.9 Å². The molecule has 0 N–H and O–H groups in total. The number of ether oxygens (including phenoxy) is 1. The Hall–Kier alpha value is -2.37. The van der Waals surface area contributed by atoms with E-state index in [9.17, 15) is 0 Å². The van der Waals surface area contributed by atoms with Crippen molar-refractivity contribution in [1.29, 1.82) is 0 Å². The molecule has 0 unspecified atom stereocenters. The molecule has 1 aliphatic heterocycles. The summed E-state index contributed by atoms with van der Waals surface area (Å²) in [6, 6.07) is 18.0. The molecular weight excluding hydrogens is 337 g/mol. The number of para-hydroxylation sites is 1. The zero-order valence-corrected chi connectivity index (χ0v) is 16.2. The maximum atomic E-state index is 6.10. The van der Waals surface area contributed by atoms with E-state index in [1.807, 2.05) is 54.7 Å². The van der Waals surface area contributed by atoms with Crippen molar-refractivity contribution in [1.82, 2.24) is 4.98 Å². The first kappa shape index (κ1) is 18.0. The number of fused-ring (bicyclic) bond motifs is 1. The molecular formula is C22H24BNO3. The highest BCUT2D eigenvalue weighted by Gasteiger charge is 2.51. The molecule has 1 aliphatic rings. The Morgan fingerprint density at radius 1 is 0.889 bits per heavy atom. The van der Waals surface area contributed by atoms with E-state index in [1.54, 1.807) is 0 Å². The van der Waals surface area contributed by atoms with Gasteiger partial charge in [-0.3, -0.25) is 4.98 Å². The van der Waals surface area contributed by atoms with Crippen molar-refractivity contribution in [3.8, 4) is 5.75 Å². The Morgan fingerprint density at radius 3 is 2.26 bits per heavy atom. The molecule has 1 saturated heterocycles. The van der Waals surface area contributed by atoms with Gasteiger partial charge in [-0.05, 0) is 57.4 Å². The Labute approximate surface area is 160 Å². The number of hydrogen-bond acceptors (Lipinski definition) is 4. The quantitative estimate of drug-likeness (QED) is 0.656. The molecule has 0 amide bonds. The fourth-order valence-electron chi connectivity index (χ4n) is 3.14. The molecule has 4 rings (SSSR count). The van der Waals surface area contributed by atoms with Gasteiger partial charge in [-0.25, -0.2) is 0 Å². The number of rotatable bonds is 4. The number of pyridine rings is 1. The predicted octanol–water partition coefficient (Wildman–Crippen LogP) is 4.11. The van der Waals surface area contributed by atoms with Crippen LogP contribution in [0.2, 0.25) is 0 Å². The van der Waals surface area contributed by atoms with Crippen LogP contribution in [0.1, 0.15) is 33.3 Å². The van der Waals surface area contributed by atoms with E-state index in [0.717, 1.165) is 27.7 Å². The van der Waals surface area contributed by atoms with E-state index in [2.05, 4.69) is 38.7 Å². The van der Waals surface area contributed by atoms with Gasteiger partial charge < -0.3 is 14.0 Å². The van der Waals surface area contributed by atoms with Crippen LogP contribution < -0.4 is 10.2 Å². The SMILES string of the molecule is CC1(C)OB(c2ccc(OCc3ccnc4ccccc34)cc2)OC1(C)C. The van der Waals surface area contributed by atoms with E-state index in [-0.39, 0.29) is 18.3 Å². The third kappa shape index (κ3) is 3.45. The first-order valence-corrected chi connectivity index (χ1v) is 9.27. The third-order valence-corrected chi connectivity index (χ3v) is 5.54. The Balaban J connectivity index is 1.46. The van der Waals surface area contributed by atoms with Crippen molar-refractivity contribution in [2.75, 3.05) is 0 Å². The second-order valence-corrected chi connectivity index (χ2v) is 7.93. The number of aromatic nitrogens is 1. The lowest BCUT2D eigenvalue weighted by Crippen LogP contribution is -2.41. The highest BCUT2D eigenvalue weighted by atomic mass is 16.7. The van der Waals surface area contributed by atoms with Crippen molar-refractivity contribution in [2.45, 2.75) is 45.5 Å². The molecule has 27 heavy (non-hydrogen) atoms. The fourth-order valence-corrected chi connectivity index (χ4v) is 3.14. The molecule has 0 spiro atoms. The molecule has 3 aromatic rings. The first-order valence-electron chi connectivity index (χ1n) is 9.27. The van der Waals surface area contributed by atoms with Crippen molar-refractivity contribution < 1.29 is 14.0 Å². The lowest BCUT2D eigenvalue weighted by atomic mass is 9.79. The van der Waals surface area contributed by atoms with Gasteiger partial charge in [0.25, 0.3) is 0 Å². The smallest absolute Gasteiger partial charge is 0.489 e. The molecule has 1 aromatic heterocycles. The van der Waals surface area contributed by atoms with E-state index in [0.29, 0.717) is 6.61 Å². The summed E-state index contributed by atoms with van der Waals surface area (Å²) in [6.45, 7) is 8.74. The molecule has 2 heterocycles. The van der Waals surface area contributed by atoms with Crippen LogP contribution in [0.3, 0.4) is 0 Å². The predicted molar refractivity (Wildman–Crippen MR) is 108 cm³/mol. The Bertz CT molecular complexity index is 932. The van der Waals surface area contributed by atoms with Crippen LogP contribution in [-0.2, 0) is 15.9 Å². The van der Waals surface area contributed by atoms with Gasteiger partial charge in [-0.15, -0.1) is 0 Å². The lowest BCUT2D eigenvalue weighted by molar-refractivity contribution is 0.00578. The molecule has 0 radical (unpaired) electrons. The van der Waals surface area contributed by atoms with Crippen molar-refractivity contribution in [3.63, 3.8) is 0 Å². The molecule has 2 aromatic carbocycles. The molecule has 4 nitrogen and oxygen atoms in total. The molecule has 0 bridgehead atoms. The minimum atomic E-state index is -0.354. The summed E-state index contributed by atoms with van der Waals surface area (Å²) >= 11 is 0. The average Bonchev–Trinajstić information content (AvgIpc) is 2.88. The summed E-state index contributed by atoms with van der Waals surface area (Å²) in [5.41, 5.74) is 2.42. The van der Waals surface area contributed by atoms with Crippen LogP contribution in [-0.4, -0.2) is 23.3 Å². The summed E-state index contributed by atoms with van der Waals surface area (Å²) in [7, 11) is -0.354. The molecule has 0 saturated carbocycles. The maximum Gasteiger partial charge on any atom is 0.494 e. The molecule has 0 atom stereocenters. The zero-order valence-electron chi connectivity index (χ0n) is 16.2. The van der Waals surface area contributed by atoms with E-state index in [1.165, 1.54) is 0 Å². The molecule has 1 fully saturated rings. The topological polar surface area (TPSA) is 40.6 Å². The summed E-state index contributed by atoms with van der Waals surface area (Å²) < 4.78 is 18.2. The summed E-state index contributed by atoms with van der Waals surface area (Å²) in [6.07, 6.45) is 1.82. The lowest BCUT2D eigenvalue weighted by Gasteiger charge is -2.32. The standard InChI is InChI=1S/C22H24BNO3/c1-21(2)22(3,4)27-23(26-21)17-9-11-18(12-10-17)25-15-16-13-14-24-20-8-6-5-7-19(16)20/h5-14H,15H2,1-4H3. The summed E-state index contributed by atoms with van der Waals surface area (Å²) in [5.74, 6) is 0.816. The van der Waals surface area contributed by atoms with Gasteiger partial charge in [0.2, 0.25) is 0 Å². The maximum absolute atomic E-state index is 6.10. The van der Waals surface area contributed by atoms with Crippen molar-refractivity contribution >= 4 is 23.5 Å². The second kappa shape index (κ2) is 6.66. The largest absolute Gasteiger partial charge is 0.494 e. The van der Waals surface area contributed by atoms with E-state index < -0.39 is 0 Å². The molecule has 5 heteroatoms. The number of nitrogens with zero attached hydrogens (tertiary/aromatic N) is 1. The van der Waals surface area contributed by atoms with Gasteiger partial charge in [-0.2, -0.15) is 0 Å². The van der Waals surface area contributed by atoms with Gasteiger partial charge in [0.05, 0.1) is 16.7 Å². The molecule has 0 aliphatic carbocycles. The highest BCUT2D eigenvalue weighted by molar-refractivity contribution is 6.62. The van der Waals surface area contributed by atoms with Crippen LogP contribution >= 0.6 is 0 Å². The van der Waals surface area contributed by atoms with Gasteiger partial charge in [0.1, 0.15) is 12.4 Å². The fraction of sp³-hybridized carbons (Fsp3) is 0.318. The minimum Gasteiger partial charge on any atom is -0.489 e. The monoisotopic (exact) mass is 361 g/mol. The Kier molecular flexibility index (Phi) is 4.45. The van der Waals surface area contributed by atoms with Crippen LogP contribution in [0.4, 0.5) is 0 Å². The van der Waals surface area contributed by atoms with Gasteiger partial charge >= 0.3 is 7.12 Å².